The van der Waals surface area contributed by atoms with E-state index < -0.39 is 0 Å². The van der Waals surface area contributed by atoms with Crippen LogP contribution in [0.25, 0.3) is 0 Å². The molecule has 106 valence electrons. The van der Waals surface area contributed by atoms with Gasteiger partial charge in [0.1, 0.15) is 5.82 Å². The van der Waals surface area contributed by atoms with Crippen LogP contribution in [0.15, 0.2) is 18.2 Å². The second-order valence-corrected chi connectivity index (χ2v) is 5.64. The molecule has 0 bridgehead atoms. The Kier molecular flexibility index (Phi) is 4.94. The summed E-state index contributed by atoms with van der Waals surface area (Å²) < 4.78 is 13.6. The van der Waals surface area contributed by atoms with Gasteiger partial charge in [-0.3, -0.25) is 4.90 Å². The quantitative estimate of drug-likeness (QED) is 0.885. The molecule has 1 aliphatic carbocycles. The van der Waals surface area contributed by atoms with Crippen LogP contribution in [0.2, 0.25) is 0 Å². The minimum absolute atomic E-state index is 0.102. The number of hydrogen-bond acceptors (Lipinski definition) is 2. The molecule has 2 N–H and O–H groups in total. The predicted molar refractivity (Wildman–Crippen MR) is 77.4 cm³/mol. The molecule has 0 radical (unpaired) electrons. The van der Waals surface area contributed by atoms with E-state index in [4.69, 9.17) is 5.73 Å². The van der Waals surface area contributed by atoms with Crippen LogP contribution < -0.4 is 5.73 Å². The molecule has 0 amide bonds. The lowest BCUT2D eigenvalue weighted by Crippen LogP contribution is -2.39. The van der Waals surface area contributed by atoms with Crippen LogP contribution in [-0.4, -0.2) is 24.0 Å². The van der Waals surface area contributed by atoms with E-state index in [2.05, 4.69) is 11.8 Å². The molecular formula is C16H25FN2. The maximum atomic E-state index is 13.6. The van der Waals surface area contributed by atoms with Crippen LogP contribution >= 0.6 is 0 Å². The lowest BCUT2D eigenvalue weighted by Gasteiger charge is -2.31. The van der Waals surface area contributed by atoms with Gasteiger partial charge in [0.25, 0.3) is 0 Å². The van der Waals surface area contributed by atoms with Gasteiger partial charge in [0, 0.05) is 12.6 Å². The first-order chi connectivity index (χ1) is 9.15. The third kappa shape index (κ3) is 3.34. The maximum absolute atomic E-state index is 13.6. The summed E-state index contributed by atoms with van der Waals surface area (Å²) in [6.07, 6.45) is 3.73. The summed E-state index contributed by atoms with van der Waals surface area (Å²) in [6, 6.07) is 6.14. The molecule has 0 spiro atoms. The van der Waals surface area contributed by atoms with Crippen molar-refractivity contribution in [3.8, 4) is 0 Å². The maximum Gasteiger partial charge on any atom is 0.126 e. The molecule has 1 saturated carbocycles. The fraction of sp³-hybridized carbons (Fsp3) is 0.625. The van der Waals surface area contributed by atoms with Gasteiger partial charge in [-0.1, -0.05) is 25.5 Å². The first-order valence-electron chi connectivity index (χ1n) is 7.34. The summed E-state index contributed by atoms with van der Waals surface area (Å²) in [5, 5.41) is 0. The highest BCUT2D eigenvalue weighted by atomic mass is 19.1. The first-order valence-corrected chi connectivity index (χ1v) is 7.34. The molecule has 1 aromatic carbocycles. The van der Waals surface area contributed by atoms with Crippen molar-refractivity contribution in [2.24, 2.45) is 11.7 Å². The Morgan fingerprint density at radius 3 is 2.79 bits per heavy atom. The topological polar surface area (TPSA) is 29.3 Å². The Labute approximate surface area is 115 Å². The largest absolute Gasteiger partial charge is 0.330 e. The lowest BCUT2D eigenvalue weighted by atomic mass is 10.0. The molecule has 2 rings (SSSR count). The van der Waals surface area contributed by atoms with Crippen LogP contribution in [0, 0.1) is 18.7 Å². The molecule has 0 aliphatic heterocycles. The van der Waals surface area contributed by atoms with Crippen LogP contribution in [0.3, 0.4) is 0 Å². The van der Waals surface area contributed by atoms with Gasteiger partial charge in [-0.05, 0) is 56.0 Å². The summed E-state index contributed by atoms with van der Waals surface area (Å²) in [6.45, 7) is 6.57. The fourth-order valence-electron chi connectivity index (χ4n) is 3.21. The van der Waals surface area contributed by atoms with E-state index in [1.54, 1.807) is 13.0 Å². The number of rotatable bonds is 5. The van der Waals surface area contributed by atoms with E-state index in [1.807, 2.05) is 12.1 Å². The number of nitrogens with two attached hydrogens (primary N) is 1. The van der Waals surface area contributed by atoms with Crippen LogP contribution in [-0.2, 0) is 6.54 Å². The number of benzene rings is 1. The van der Waals surface area contributed by atoms with Crippen molar-refractivity contribution in [3.63, 3.8) is 0 Å². The average Bonchev–Trinajstić information content (AvgIpc) is 2.88. The van der Waals surface area contributed by atoms with Gasteiger partial charge in [-0.25, -0.2) is 4.39 Å². The van der Waals surface area contributed by atoms with E-state index in [1.165, 1.54) is 19.3 Å². The van der Waals surface area contributed by atoms with E-state index in [0.29, 0.717) is 17.5 Å². The molecule has 2 atom stereocenters. The van der Waals surface area contributed by atoms with Gasteiger partial charge >= 0.3 is 0 Å². The predicted octanol–water partition coefficient (Wildman–Crippen LogP) is 3.08. The zero-order valence-electron chi connectivity index (χ0n) is 12.0. The zero-order valence-corrected chi connectivity index (χ0v) is 12.0. The standard InChI is InChI=1S/C16H25FN2/c1-3-19(16-6-4-5-14(16)10-18)11-13-8-7-12(2)15(17)9-13/h7-9,14,16H,3-6,10-11,18H2,1-2H3. The Morgan fingerprint density at radius 2 is 2.16 bits per heavy atom. The van der Waals surface area contributed by atoms with Crippen molar-refractivity contribution < 1.29 is 4.39 Å². The average molecular weight is 264 g/mol. The third-order valence-electron chi connectivity index (χ3n) is 4.42. The minimum atomic E-state index is -0.102. The normalized spacial score (nSPS) is 23.2. The minimum Gasteiger partial charge on any atom is -0.330 e. The van der Waals surface area contributed by atoms with Crippen molar-refractivity contribution in [2.75, 3.05) is 13.1 Å². The van der Waals surface area contributed by atoms with Gasteiger partial charge in [0.05, 0.1) is 0 Å². The van der Waals surface area contributed by atoms with Crippen LogP contribution in [0.1, 0.15) is 37.3 Å². The Bertz CT molecular complexity index is 419. The summed E-state index contributed by atoms with van der Waals surface area (Å²) in [5.74, 6) is 0.505. The van der Waals surface area contributed by atoms with E-state index >= 15 is 0 Å². The third-order valence-corrected chi connectivity index (χ3v) is 4.42. The first kappa shape index (κ1) is 14.5. The van der Waals surface area contributed by atoms with Gasteiger partial charge in [-0.2, -0.15) is 0 Å². The highest BCUT2D eigenvalue weighted by Crippen LogP contribution is 2.30. The summed E-state index contributed by atoms with van der Waals surface area (Å²) >= 11 is 0. The fourth-order valence-corrected chi connectivity index (χ4v) is 3.21. The monoisotopic (exact) mass is 264 g/mol. The molecular weight excluding hydrogens is 239 g/mol. The van der Waals surface area contributed by atoms with Crippen LogP contribution in [0.5, 0.6) is 0 Å². The molecule has 3 heteroatoms. The van der Waals surface area contributed by atoms with Gasteiger partial charge in [0.15, 0.2) is 0 Å². The summed E-state index contributed by atoms with van der Waals surface area (Å²) in [4.78, 5) is 2.45. The molecule has 1 aliphatic rings. The van der Waals surface area contributed by atoms with E-state index in [0.717, 1.165) is 25.2 Å². The van der Waals surface area contributed by atoms with Gasteiger partial charge < -0.3 is 5.73 Å². The highest BCUT2D eigenvalue weighted by molar-refractivity contribution is 5.23. The van der Waals surface area contributed by atoms with Crippen molar-refractivity contribution >= 4 is 0 Å². The highest BCUT2D eigenvalue weighted by Gasteiger charge is 2.30. The molecule has 2 unspecified atom stereocenters. The zero-order chi connectivity index (χ0) is 13.8. The molecule has 2 nitrogen and oxygen atoms in total. The van der Waals surface area contributed by atoms with Crippen molar-refractivity contribution in [1.82, 2.24) is 4.90 Å². The number of halogens is 1. The molecule has 0 saturated heterocycles. The van der Waals surface area contributed by atoms with Crippen molar-refractivity contribution in [3.05, 3.63) is 35.1 Å². The van der Waals surface area contributed by atoms with Crippen molar-refractivity contribution in [1.29, 1.82) is 0 Å². The van der Waals surface area contributed by atoms with E-state index in [9.17, 15) is 4.39 Å². The molecule has 1 fully saturated rings. The van der Waals surface area contributed by atoms with Crippen LogP contribution in [0.4, 0.5) is 4.39 Å². The lowest BCUT2D eigenvalue weighted by molar-refractivity contribution is 0.162. The van der Waals surface area contributed by atoms with Gasteiger partial charge in [-0.15, -0.1) is 0 Å². The SMILES string of the molecule is CCN(Cc1ccc(C)c(F)c1)C1CCCC1CN. The smallest absolute Gasteiger partial charge is 0.126 e. The molecule has 19 heavy (non-hydrogen) atoms. The number of hydrogen-bond donors (Lipinski definition) is 1. The molecule has 0 heterocycles. The van der Waals surface area contributed by atoms with Crippen molar-refractivity contribution in [2.45, 2.75) is 45.7 Å². The Hall–Kier alpha value is -0.930. The summed E-state index contributed by atoms with van der Waals surface area (Å²) in [7, 11) is 0. The number of nitrogens with zero attached hydrogens (tertiary/aromatic N) is 1. The Morgan fingerprint density at radius 1 is 1.37 bits per heavy atom. The second kappa shape index (κ2) is 6.49. The summed E-state index contributed by atoms with van der Waals surface area (Å²) in [5.41, 5.74) is 7.65. The van der Waals surface area contributed by atoms with Gasteiger partial charge in [0.2, 0.25) is 0 Å². The molecule has 1 aromatic rings. The van der Waals surface area contributed by atoms with E-state index in [-0.39, 0.29) is 5.82 Å². The second-order valence-electron chi connectivity index (χ2n) is 5.64. The molecule has 0 aromatic heterocycles. The number of aryl methyl sites for hydroxylation is 1. The Balaban J connectivity index is 2.08.